The molecule has 0 spiro atoms. The van der Waals surface area contributed by atoms with E-state index in [9.17, 15) is 22.4 Å². The lowest BCUT2D eigenvalue weighted by atomic mass is 9.76. The number of piperidine rings is 1. The maximum Gasteiger partial charge on any atom is 0.416 e. The Bertz CT molecular complexity index is 1240. The number of halogens is 4. The third-order valence-corrected chi connectivity index (χ3v) is 8.12. The molecule has 1 saturated heterocycles. The van der Waals surface area contributed by atoms with Crippen LogP contribution in [0.15, 0.2) is 72.8 Å². The van der Waals surface area contributed by atoms with Crippen LogP contribution in [-0.2, 0) is 11.6 Å². The molecule has 208 valence electrons. The molecule has 0 radical (unpaired) electrons. The van der Waals surface area contributed by atoms with Crippen molar-refractivity contribution in [2.24, 2.45) is 0 Å². The molecule has 4 rings (SSSR count). The highest BCUT2D eigenvalue weighted by atomic mass is 19.4. The molecule has 0 saturated carbocycles. The first-order chi connectivity index (χ1) is 18.6. The van der Waals surface area contributed by atoms with E-state index in [0.717, 1.165) is 69.4 Å². The molecule has 1 heterocycles. The van der Waals surface area contributed by atoms with Crippen LogP contribution in [0.5, 0.6) is 0 Å². The molecule has 3 aromatic carbocycles. The van der Waals surface area contributed by atoms with Gasteiger partial charge < -0.3 is 10.2 Å². The molecule has 1 N–H and O–H groups in total. The SMILES string of the molecule is CCC(C)(CCCN1CCC(NC(=O)c2cc(C(F)(F)F)ccc2-c2ccccc2)CC1)c1ccc(F)cc1. The van der Waals surface area contributed by atoms with Crippen LogP contribution in [0.3, 0.4) is 0 Å². The summed E-state index contributed by atoms with van der Waals surface area (Å²) in [6.45, 7) is 6.95. The summed E-state index contributed by atoms with van der Waals surface area (Å²) in [5.41, 5.74) is 1.53. The van der Waals surface area contributed by atoms with Gasteiger partial charge in [0.2, 0.25) is 0 Å². The van der Waals surface area contributed by atoms with Gasteiger partial charge in [0.05, 0.1) is 5.56 Å². The van der Waals surface area contributed by atoms with Gasteiger partial charge in [-0.2, -0.15) is 13.2 Å². The fourth-order valence-electron chi connectivity index (χ4n) is 5.41. The molecule has 1 aliphatic heterocycles. The Morgan fingerprint density at radius 2 is 1.59 bits per heavy atom. The molecule has 1 aliphatic rings. The fraction of sp³-hybridized carbons (Fsp3) is 0.406. The number of nitrogens with zero attached hydrogens (tertiary/aromatic N) is 1. The lowest BCUT2D eigenvalue weighted by Crippen LogP contribution is -2.45. The van der Waals surface area contributed by atoms with Gasteiger partial charge in [0.15, 0.2) is 0 Å². The molecule has 1 atom stereocenters. The molecule has 3 aromatic rings. The highest BCUT2D eigenvalue weighted by Crippen LogP contribution is 2.34. The van der Waals surface area contributed by atoms with Crippen LogP contribution < -0.4 is 5.32 Å². The van der Waals surface area contributed by atoms with Crippen LogP contribution in [0.25, 0.3) is 11.1 Å². The van der Waals surface area contributed by atoms with Crippen molar-refractivity contribution in [1.29, 1.82) is 0 Å². The summed E-state index contributed by atoms with van der Waals surface area (Å²) >= 11 is 0. The summed E-state index contributed by atoms with van der Waals surface area (Å²) in [5, 5.41) is 3.00. The van der Waals surface area contributed by atoms with Crippen molar-refractivity contribution < 1.29 is 22.4 Å². The third kappa shape index (κ3) is 7.27. The van der Waals surface area contributed by atoms with Crippen molar-refractivity contribution in [3.8, 4) is 11.1 Å². The molecule has 1 amide bonds. The van der Waals surface area contributed by atoms with E-state index in [4.69, 9.17) is 0 Å². The predicted octanol–water partition coefficient (Wildman–Crippen LogP) is 7.85. The first kappa shape index (κ1) is 28.8. The maximum absolute atomic E-state index is 13.4. The smallest absolute Gasteiger partial charge is 0.349 e. The number of hydrogen-bond donors (Lipinski definition) is 1. The summed E-state index contributed by atoms with van der Waals surface area (Å²) in [5.74, 6) is -0.701. The van der Waals surface area contributed by atoms with Crippen molar-refractivity contribution in [1.82, 2.24) is 10.2 Å². The van der Waals surface area contributed by atoms with Gasteiger partial charge in [-0.3, -0.25) is 4.79 Å². The Kier molecular flexibility index (Phi) is 9.11. The molecule has 1 unspecified atom stereocenters. The van der Waals surface area contributed by atoms with E-state index in [2.05, 4.69) is 24.1 Å². The summed E-state index contributed by atoms with van der Waals surface area (Å²) in [6, 6.07) is 19.1. The van der Waals surface area contributed by atoms with Gasteiger partial charge in [0.1, 0.15) is 5.82 Å². The maximum atomic E-state index is 13.4. The summed E-state index contributed by atoms with van der Waals surface area (Å²) < 4.78 is 53.6. The van der Waals surface area contributed by atoms with Gasteiger partial charge in [-0.1, -0.05) is 62.4 Å². The molecule has 3 nitrogen and oxygen atoms in total. The second-order valence-electron chi connectivity index (χ2n) is 10.7. The standard InChI is InChI=1S/C32H36F4N2O/c1-3-31(2,24-10-13-26(33)14-11-24)18-7-19-38-20-16-27(17-21-38)37-30(39)29-22-25(32(34,35)36)12-15-28(29)23-8-5-4-6-9-23/h4-6,8-15,22,27H,3,7,16-21H2,1-2H3,(H,37,39). The van der Waals surface area contributed by atoms with Gasteiger partial charge in [0, 0.05) is 24.7 Å². The molecular weight excluding hydrogens is 504 g/mol. The lowest BCUT2D eigenvalue weighted by Gasteiger charge is -2.34. The largest absolute Gasteiger partial charge is 0.416 e. The number of rotatable bonds is 9. The molecule has 39 heavy (non-hydrogen) atoms. The van der Waals surface area contributed by atoms with E-state index in [0.29, 0.717) is 11.1 Å². The summed E-state index contributed by atoms with van der Waals surface area (Å²) in [4.78, 5) is 15.6. The number of hydrogen-bond acceptors (Lipinski definition) is 2. The zero-order chi connectivity index (χ0) is 28.0. The number of nitrogens with one attached hydrogen (secondary N) is 1. The molecule has 7 heteroatoms. The molecule has 1 fully saturated rings. The quantitative estimate of drug-likeness (QED) is 0.280. The van der Waals surface area contributed by atoms with E-state index >= 15 is 0 Å². The molecular formula is C32H36F4N2O. The van der Waals surface area contributed by atoms with Crippen LogP contribution in [0.2, 0.25) is 0 Å². The Morgan fingerprint density at radius 1 is 0.949 bits per heavy atom. The summed E-state index contributed by atoms with van der Waals surface area (Å²) in [7, 11) is 0. The first-order valence-electron chi connectivity index (χ1n) is 13.6. The number of carbonyl (C=O) groups is 1. The highest BCUT2D eigenvalue weighted by molar-refractivity contribution is 6.01. The Balaban J connectivity index is 1.34. The van der Waals surface area contributed by atoms with Crippen LogP contribution >= 0.6 is 0 Å². The fourth-order valence-corrected chi connectivity index (χ4v) is 5.41. The molecule has 0 aliphatic carbocycles. The minimum absolute atomic E-state index is 0.0125. The predicted molar refractivity (Wildman–Crippen MR) is 147 cm³/mol. The van der Waals surface area contributed by atoms with Crippen LogP contribution in [0.1, 0.15) is 67.4 Å². The minimum Gasteiger partial charge on any atom is -0.349 e. The normalized spacial score (nSPS) is 16.6. The van der Waals surface area contributed by atoms with Gasteiger partial charge >= 0.3 is 6.18 Å². The highest BCUT2D eigenvalue weighted by Gasteiger charge is 2.32. The van der Waals surface area contributed by atoms with Crippen molar-refractivity contribution in [2.75, 3.05) is 19.6 Å². The van der Waals surface area contributed by atoms with Crippen LogP contribution in [0, 0.1) is 5.82 Å². The van der Waals surface area contributed by atoms with Gasteiger partial charge in [-0.15, -0.1) is 0 Å². The van der Waals surface area contributed by atoms with Crippen LogP contribution in [0.4, 0.5) is 17.6 Å². The second-order valence-corrected chi connectivity index (χ2v) is 10.7. The van der Waals surface area contributed by atoms with E-state index in [-0.39, 0.29) is 22.8 Å². The van der Waals surface area contributed by atoms with Gasteiger partial charge in [0.25, 0.3) is 5.91 Å². The minimum atomic E-state index is -4.53. The second kappa shape index (κ2) is 12.3. The Labute approximate surface area is 228 Å². The Morgan fingerprint density at radius 3 is 2.21 bits per heavy atom. The van der Waals surface area contributed by atoms with Gasteiger partial charge in [-0.05, 0) is 85.0 Å². The zero-order valence-electron chi connectivity index (χ0n) is 22.5. The molecule has 0 aromatic heterocycles. The van der Waals surface area contributed by atoms with E-state index in [1.54, 1.807) is 24.3 Å². The summed E-state index contributed by atoms with van der Waals surface area (Å²) in [6.07, 6.45) is -0.0802. The number of benzene rings is 3. The van der Waals surface area contributed by atoms with E-state index < -0.39 is 17.6 Å². The average Bonchev–Trinajstić information content (AvgIpc) is 2.94. The third-order valence-electron chi connectivity index (χ3n) is 8.12. The number of likely N-dealkylation sites (tertiary alicyclic amines) is 1. The van der Waals surface area contributed by atoms with E-state index in [1.807, 2.05) is 18.2 Å². The monoisotopic (exact) mass is 540 g/mol. The number of carbonyl (C=O) groups excluding carboxylic acids is 1. The van der Waals surface area contributed by atoms with Crippen molar-refractivity contribution in [3.63, 3.8) is 0 Å². The topological polar surface area (TPSA) is 32.3 Å². The number of alkyl halides is 3. The first-order valence-corrected chi connectivity index (χ1v) is 13.6. The van der Waals surface area contributed by atoms with Gasteiger partial charge in [-0.25, -0.2) is 4.39 Å². The van der Waals surface area contributed by atoms with Crippen molar-refractivity contribution >= 4 is 5.91 Å². The van der Waals surface area contributed by atoms with E-state index in [1.165, 1.54) is 18.2 Å². The molecule has 0 bridgehead atoms. The van der Waals surface area contributed by atoms with Crippen LogP contribution in [-0.4, -0.2) is 36.5 Å². The van der Waals surface area contributed by atoms with Crippen molar-refractivity contribution in [2.45, 2.75) is 63.6 Å². The lowest BCUT2D eigenvalue weighted by molar-refractivity contribution is -0.137. The zero-order valence-corrected chi connectivity index (χ0v) is 22.5. The Hall–Kier alpha value is -3.19. The average molecular weight is 541 g/mol. The number of amides is 1. The van der Waals surface area contributed by atoms with Crippen molar-refractivity contribution in [3.05, 3.63) is 95.3 Å².